The van der Waals surface area contributed by atoms with Crippen LogP contribution in [0.2, 0.25) is 0 Å². The molecular formula is C20H14F2O2. The summed E-state index contributed by atoms with van der Waals surface area (Å²) in [6.07, 6.45) is 0. The third-order valence-electron chi connectivity index (χ3n) is 3.66. The van der Waals surface area contributed by atoms with E-state index in [1.54, 1.807) is 24.3 Å². The minimum atomic E-state index is -1.05. The highest BCUT2D eigenvalue weighted by molar-refractivity contribution is 5.92. The molecule has 2 nitrogen and oxygen atoms in total. The Morgan fingerprint density at radius 3 is 2.12 bits per heavy atom. The molecule has 0 bridgehead atoms. The summed E-state index contributed by atoms with van der Waals surface area (Å²) in [6, 6.07) is 18.7. The van der Waals surface area contributed by atoms with Crippen LogP contribution >= 0.6 is 0 Å². The normalized spacial score (nSPS) is 10.5. The van der Waals surface area contributed by atoms with Gasteiger partial charge >= 0.3 is 5.97 Å². The second kappa shape index (κ2) is 6.62. The van der Waals surface area contributed by atoms with Gasteiger partial charge in [0.15, 0.2) is 0 Å². The molecule has 3 aromatic rings. The van der Waals surface area contributed by atoms with Crippen molar-refractivity contribution in [3.05, 3.63) is 89.5 Å². The van der Waals surface area contributed by atoms with Gasteiger partial charge in [0.1, 0.15) is 22.9 Å². The van der Waals surface area contributed by atoms with Gasteiger partial charge in [-0.05, 0) is 41.8 Å². The van der Waals surface area contributed by atoms with Crippen molar-refractivity contribution in [3.8, 4) is 16.9 Å². The van der Waals surface area contributed by atoms with E-state index in [0.717, 1.165) is 17.2 Å². The quantitative estimate of drug-likeness (QED) is 0.491. The van der Waals surface area contributed by atoms with E-state index >= 15 is 0 Å². The number of aryl methyl sites for hydroxylation is 1. The third-order valence-corrected chi connectivity index (χ3v) is 3.66. The third kappa shape index (κ3) is 3.18. The van der Waals surface area contributed by atoms with Gasteiger partial charge in [0.2, 0.25) is 0 Å². The highest BCUT2D eigenvalue weighted by Crippen LogP contribution is 2.24. The van der Waals surface area contributed by atoms with E-state index in [9.17, 15) is 13.6 Å². The number of hydrogen-bond acceptors (Lipinski definition) is 2. The molecule has 0 N–H and O–H groups in total. The van der Waals surface area contributed by atoms with Crippen LogP contribution in [0.15, 0.2) is 66.7 Å². The summed E-state index contributed by atoms with van der Waals surface area (Å²) < 4.78 is 32.8. The topological polar surface area (TPSA) is 26.3 Å². The van der Waals surface area contributed by atoms with Crippen molar-refractivity contribution < 1.29 is 18.3 Å². The van der Waals surface area contributed by atoms with Crippen LogP contribution in [0.3, 0.4) is 0 Å². The first kappa shape index (κ1) is 15.9. The van der Waals surface area contributed by atoms with Gasteiger partial charge in [-0.15, -0.1) is 0 Å². The molecule has 0 fully saturated rings. The molecule has 0 radical (unpaired) electrons. The Kier molecular flexibility index (Phi) is 4.38. The van der Waals surface area contributed by atoms with Crippen LogP contribution in [0.25, 0.3) is 11.1 Å². The summed E-state index contributed by atoms with van der Waals surface area (Å²) in [5.41, 5.74) is 1.47. The first-order chi connectivity index (χ1) is 11.6. The predicted molar refractivity (Wildman–Crippen MR) is 87.9 cm³/mol. The van der Waals surface area contributed by atoms with Gasteiger partial charge in [0, 0.05) is 0 Å². The van der Waals surface area contributed by atoms with E-state index in [-0.39, 0.29) is 11.3 Å². The number of hydrogen-bond donors (Lipinski definition) is 0. The Morgan fingerprint density at radius 1 is 0.833 bits per heavy atom. The summed E-state index contributed by atoms with van der Waals surface area (Å²) in [4.78, 5) is 12.1. The van der Waals surface area contributed by atoms with Gasteiger partial charge in [-0.3, -0.25) is 0 Å². The standard InChI is InChI=1S/C20H14F2O2/c1-13-7-12-17(21)18(19(13)22)20(23)24-16-10-8-15(9-11-16)14-5-3-2-4-6-14/h2-12H,1H3. The lowest BCUT2D eigenvalue weighted by molar-refractivity contribution is 0.0724. The second-order valence-corrected chi connectivity index (χ2v) is 5.33. The van der Waals surface area contributed by atoms with E-state index in [1.165, 1.54) is 13.0 Å². The number of benzene rings is 3. The van der Waals surface area contributed by atoms with Crippen LogP contribution in [0.5, 0.6) is 5.75 Å². The summed E-state index contributed by atoms with van der Waals surface area (Å²) >= 11 is 0. The van der Waals surface area contributed by atoms with Crippen LogP contribution in [0, 0.1) is 18.6 Å². The summed E-state index contributed by atoms with van der Waals surface area (Å²) in [5.74, 6) is -2.67. The van der Waals surface area contributed by atoms with Gasteiger partial charge in [-0.1, -0.05) is 48.5 Å². The molecule has 0 atom stereocenters. The molecule has 0 heterocycles. The van der Waals surface area contributed by atoms with Crippen LogP contribution in [0.1, 0.15) is 15.9 Å². The highest BCUT2D eigenvalue weighted by atomic mass is 19.1. The van der Waals surface area contributed by atoms with Gasteiger partial charge < -0.3 is 4.74 Å². The average molecular weight is 324 g/mol. The molecule has 4 heteroatoms. The van der Waals surface area contributed by atoms with E-state index in [2.05, 4.69) is 0 Å². The molecule has 0 aliphatic carbocycles. The number of carbonyl (C=O) groups is 1. The molecule has 0 amide bonds. The zero-order valence-electron chi connectivity index (χ0n) is 12.9. The van der Waals surface area contributed by atoms with Crippen molar-refractivity contribution in [2.75, 3.05) is 0 Å². The fourth-order valence-corrected chi connectivity index (χ4v) is 2.35. The van der Waals surface area contributed by atoms with Crippen molar-refractivity contribution in [1.82, 2.24) is 0 Å². The summed E-state index contributed by atoms with van der Waals surface area (Å²) in [7, 11) is 0. The lowest BCUT2D eigenvalue weighted by Crippen LogP contribution is -2.14. The van der Waals surface area contributed by atoms with Gasteiger partial charge in [-0.2, -0.15) is 0 Å². The van der Waals surface area contributed by atoms with Crippen LogP contribution in [0.4, 0.5) is 8.78 Å². The largest absolute Gasteiger partial charge is 0.423 e. The Morgan fingerprint density at radius 2 is 1.46 bits per heavy atom. The number of ether oxygens (including phenoxy) is 1. The number of esters is 1. The molecule has 3 aromatic carbocycles. The fraction of sp³-hybridized carbons (Fsp3) is 0.0500. The van der Waals surface area contributed by atoms with E-state index < -0.39 is 23.2 Å². The molecule has 0 saturated carbocycles. The van der Waals surface area contributed by atoms with Crippen molar-refractivity contribution in [2.45, 2.75) is 6.92 Å². The molecular weight excluding hydrogens is 310 g/mol. The first-order valence-electron chi connectivity index (χ1n) is 7.38. The Hall–Kier alpha value is -3.01. The monoisotopic (exact) mass is 324 g/mol. The van der Waals surface area contributed by atoms with Crippen LogP contribution < -0.4 is 4.74 Å². The maximum Gasteiger partial charge on any atom is 0.349 e. The molecule has 24 heavy (non-hydrogen) atoms. The highest BCUT2D eigenvalue weighted by Gasteiger charge is 2.21. The lowest BCUT2D eigenvalue weighted by Gasteiger charge is -2.08. The van der Waals surface area contributed by atoms with Crippen LogP contribution in [-0.4, -0.2) is 5.97 Å². The van der Waals surface area contributed by atoms with Gasteiger partial charge in [0.25, 0.3) is 0 Å². The van der Waals surface area contributed by atoms with Crippen molar-refractivity contribution >= 4 is 5.97 Å². The number of rotatable bonds is 3. The van der Waals surface area contributed by atoms with Gasteiger partial charge in [0.05, 0.1) is 0 Å². The summed E-state index contributed by atoms with van der Waals surface area (Å²) in [5, 5.41) is 0. The molecule has 0 aromatic heterocycles. The van der Waals surface area contributed by atoms with Crippen LogP contribution in [-0.2, 0) is 0 Å². The molecule has 3 rings (SSSR count). The second-order valence-electron chi connectivity index (χ2n) is 5.33. The Bertz CT molecular complexity index is 872. The zero-order chi connectivity index (χ0) is 17.1. The zero-order valence-corrected chi connectivity index (χ0v) is 12.9. The fourth-order valence-electron chi connectivity index (χ4n) is 2.35. The maximum absolute atomic E-state index is 14.0. The maximum atomic E-state index is 14.0. The first-order valence-corrected chi connectivity index (χ1v) is 7.38. The van der Waals surface area contributed by atoms with E-state index in [4.69, 9.17) is 4.74 Å². The molecule has 120 valence electrons. The minimum Gasteiger partial charge on any atom is -0.423 e. The SMILES string of the molecule is Cc1ccc(F)c(C(=O)Oc2ccc(-c3ccccc3)cc2)c1F. The average Bonchev–Trinajstić information content (AvgIpc) is 2.60. The number of carbonyl (C=O) groups excluding carboxylic acids is 1. The van der Waals surface area contributed by atoms with Crippen molar-refractivity contribution in [3.63, 3.8) is 0 Å². The van der Waals surface area contributed by atoms with E-state index in [1.807, 2.05) is 30.3 Å². The molecule has 0 unspecified atom stereocenters. The Labute approximate surface area is 138 Å². The molecule has 0 aliphatic rings. The smallest absolute Gasteiger partial charge is 0.349 e. The lowest BCUT2D eigenvalue weighted by atomic mass is 10.1. The van der Waals surface area contributed by atoms with Crippen molar-refractivity contribution in [1.29, 1.82) is 0 Å². The van der Waals surface area contributed by atoms with E-state index in [0.29, 0.717) is 0 Å². The van der Waals surface area contributed by atoms with Gasteiger partial charge in [-0.25, -0.2) is 13.6 Å². The molecule has 0 aliphatic heterocycles. The molecule has 0 saturated heterocycles. The van der Waals surface area contributed by atoms with Crippen molar-refractivity contribution in [2.24, 2.45) is 0 Å². The minimum absolute atomic E-state index is 0.183. The Balaban J connectivity index is 1.82. The summed E-state index contributed by atoms with van der Waals surface area (Å²) in [6.45, 7) is 1.46. The number of halogens is 2. The predicted octanol–water partition coefficient (Wildman–Crippen LogP) is 5.16. The molecule has 0 spiro atoms.